The molecule has 0 atom stereocenters. The largest absolute Gasteiger partial charge is 0.360 e. The van der Waals surface area contributed by atoms with Crippen molar-refractivity contribution in [2.24, 2.45) is 5.92 Å². The van der Waals surface area contributed by atoms with E-state index in [1.165, 1.54) is 19.4 Å². The van der Waals surface area contributed by atoms with Gasteiger partial charge in [0.1, 0.15) is 0 Å². The SMILES string of the molecule is CCCNCc1cc(CN(CC2CC2)C(C)C)on1. The minimum Gasteiger partial charge on any atom is -0.360 e. The average Bonchev–Trinajstić information content (AvgIpc) is 3.08. The van der Waals surface area contributed by atoms with Crippen LogP contribution in [0.25, 0.3) is 0 Å². The molecule has 0 aromatic carbocycles. The fourth-order valence-corrected chi connectivity index (χ4v) is 2.20. The van der Waals surface area contributed by atoms with E-state index in [1.54, 1.807) is 0 Å². The Balaban J connectivity index is 1.82. The van der Waals surface area contributed by atoms with E-state index >= 15 is 0 Å². The molecule has 19 heavy (non-hydrogen) atoms. The smallest absolute Gasteiger partial charge is 0.151 e. The molecule has 108 valence electrons. The van der Waals surface area contributed by atoms with Crippen LogP contribution >= 0.6 is 0 Å². The Morgan fingerprint density at radius 2 is 2.26 bits per heavy atom. The predicted molar refractivity (Wildman–Crippen MR) is 76.8 cm³/mol. The summed E-state index contributed by atoms with van der Waals surface area (Å²) in [6.45, 7) is 10.6. The first-order valence-electron chi connectivity index (χ1n) is 7.58. The Bertz CT molecular complexity index is 371. The van der Waals surface area contributed by atoms with Crippen LogP contribution in [0.15, 0.2) is 10.6 Å². The Morgan fingerprint density at radius 3 is 2.89 bits per heavy atom. The molecule has 0 amide bonds. The number of aromatic nitrogens is 1. The Kier molecular flexibility index (Phi) is 5.40. The minimum absolute atomic E-state index is 0.562. The summed E-state index contributed by atoms with van der Waals surface area (Å²) in [5, 5.41) is 7.48. The van der Waals surface area contributed by atoms with Crippen molar-refractivity contribution in [1.82, 2.24) is 15.4 Å². The quantitative estimate of drug-likeness (QED) is 0.697. The van der Waals surface area contributed by atoms with Crippen LogP contribution in [0.2, 0.25) is 0 Å². The topological polar surface area (TPSA) is 41.3 Å². The minimum atomic E-state index is 0.562. The molecule has 1 aromatic heterocycles. The van der Waals surface area contributed by atoms with Gasteiger partial charge in [-0.05, 0) is 45.6 Å². The molecule has 1 N–H and O–H groups in total. The van der Waals surface area contributed by atoms with Crippen molar-refractivity contribution in [3.63, 3.8) is 0 Å². The van der Waals surface area contributed by atoms with Crippen LogP contribution in [0.4, 0.5) is 0 Å². The van der Waals surface area contributed by atoms with Gasteiger partial charge in [0.15, 0.2) is 5.76 Å². The van der Waals surface area contributed by atoms with Crippen LogP contribution in [0.1, 0.15) is 51.5 Å². The van der Waals surface area contributed by atoms with E-state index in [-0.39, 0.29) is 0 Å². The average molecular weight is 265 g/mol. The zero-order valence-electron chi connectivity index (χ0n) is 12.5. The van der Waals surface area contributed by atoms with Crippen molar-refractivity contribution in [3.8, 4) is 0 Å². The van der Waals surface area contributed by atoms with Crippen LogP contribution in [-0.4, -0.2) is 29.2 Å². The molecule has 0 aliphatic heterocycles. The first kappa shape index (κ1) is 14.5. The van der Waals surface area contributed by atoms with E-state index in [0.717, 1.165) is 43.4 Å². The van der Waals surface area contributed by atoms with Crippen molar-refractivity contribution >= 4 is 0 Å². The van der Waals surface area contributed by atoms with Crippen LogP contribution in [0.3, 0.4) is 0 Å². The third-order valence-corrected chi connectivity index (χ3v) is 3.62. The molecule has 0 bridgehead atoms. The number of nitrogens with one attached hydrogen (secondary N) is 1. The zero-order valence-corrected chi connectivity index (χ0v) is 12.5. The third-order valence-electron chi connectivity index (χ3n) is 3.62. The molecule has 0 unspecified atom stereocenters. The summed E-state index contributed by atoms with van der Waals surface area (Å²) in [4.78, 5) is 2.49. The molecule has 1 saturated carbocycles. The van der Waals surface area contributed by atoms with Gasteiger partial charge in [0.2, 0.25) is 0 Å². The van der Waals surface area contributed by atoms with Crippen LogP contribution in [0.5, 0.6) is 0 Å². The highest BCUT2D eigenvalue weighted by Crippen LogP contribution is 2.30. The molecule has 0 spiro atoms. The van der Waals surface area contributed by atoms with Crippen LogP contribution in [0, 0.1) is 5.92 Å². The van der Waals surface area contributed by atoms with Crippen molar-refractivity contribution in [2.45, 2.75) is 59.2 Å². The molecular formula is C15H27N3O. The lowest BCUT2D eigenvalue weighted by Gasteiger charge is -2.24. The Hall–Kier alpha value is -0.870. The summed E-state index contributed by atoms with van der Waals surface area (Å²) in [6, 6.07) is 2.65. The molecule has 1 heterocycles. The van der Waals surface area contributed by atoms with Gasteiger partial charge in [-0.15, -0.1) is 0 Å². The van der Waals surface area contributed by atoms with E-state index in [1.807, 2.05) is 0 Å². The van der Waals surface area contributed by atoms with E-state index in [4.69, 9.17) is 4.52 Å². The van der Waals surface area contributed by atoms with Crippen molar-refractivity contribution in [2.75, 3.05) is 13.1 Å². The van der Waals surface area contributed by atoms with Gasteiger partial charge in [-0.1, -0.05) is 12.1 Å². The van der Waals surface area contributed by atoms with Gasteiger partial charge in [0, 0.05) is 25.2 Å². The van der Waals surface area contributed by atoms with Gasteiger partial charge in [-0.25, -0.2) is 0 Å². The molecule has 1 aromatic rings. The van der Waals surface area contributed by atoms with Gasteiger partial charge < -0.3 is 9.84 Å². The third kappa shape index (κ3) is 4.96. The molecule has 0 saturated heterocycles. The fraction of sp³-hybridized carbons (Fsp3) is 0.800. The van der Waals surface area contributed by atoms with Crippen molar-refractivity contribution < 1.29 is 4.52 Å². The van der Waals surface area contributed by atoms with Gasteiger partial charge >= 0.3 is 0 Å². The van der Waals surface area contributed by atoms with Gasteiger partial charge in [-0.2, -0.15) is 0 Å². The lowest BCUT2D eigenvalue weighted by molar-refractivity contribution is 0.181. The summed E-state index contributed by atoms with van der Waals surface area (Å²) in [5.74, 6) is 1.90. The summed E-state index contributed by atoms with van der Waals surface area (Å²) < 4.78 is 5.45. The van der Waals surface area contributed by atoms with E-state index < -0.39 is 0 Å². The molecule has 1 aliphatic rings. The second-order valence-electron chi connectivity index (χ2n) is 5.93. The molecule has 0 radical (unpaired) electrons. The molecule has 2 rings (SSSR count). The van der Waals surface area contributed by atoms with Gasteiger partial charge in [0.25, 0.3) is 0 Å². The lowest BCUT2D eigenvalue weighted by atomic mass is 10.2. The van der Waals surface area contributed by atoms with E-state index in [0.29, 0.717) is 6.04 Å². The van der Waals surface area contributed by atoms with Gasteiger partial charge in [-0.3, -0.25) is 4.90 Å². The second kappa shape index (κ2) is 7.06. The predicted octanol–water partition coefficient (Wildman–Crippen LogP) is 2.79. The summed E-state index contributed by atoms with van der Waals surface area (Å²) in [5.41, 5.74) is 1.01. The molecule has 1 fully saturated rings. The highest BCUT2D eigenvalue weighted by atomic mass is 16.5. The normalized spacial score (nSPS) is 15.6. The number of hydrogen-bond donors (Lipinski definition) is 1. The first-order chi connectivity index (χ1) is 9.19. The highest BCUT2D eigenvalue weighted by molar-refractivity contribution is 5.05. The maximum absolute atomic E-state index is 5.45. The van der Waals surface area contributed by atoms with Crippen LogP contribution in [-0.2, 0) is 13.1 Å². The highest BCUT2D eigenvalue weighted by Gasteiger charge is 2.26. The monoisotopic (exact) mass is 265 g/mol. The molecular weight excluding hydrogens is 238 g/mol. The molecule has 4 heteroatoms. The number of hydrogen-bond acceptors (Lipinski definition) is 4. The number of rotatable bonds is 9. The lowest BCUT2D eigenvalue weighted by Crippen LogP contribution is -2.32. The maximum atomic E-state index is 5.45. The summed E-state index contributed by atoms with van der Waals surface area (Å²) in [6.07, 6.45) is 3.94. The van der Waals surface area contributed by atoms with E-state index in [2.05, 4.69) is 42.2 Å². The second-order valence-corrected chi connectivity index (χ2v) is 5.93. The van der Waals surface area contributed by atoms with Crippen molar-refractivity contribution in [1.29, 1.82) is 0 Å². The molecule has 4 nitrogen and oxygen atoms in total. The zero-order chi connectivity index (χ0) is 13.7. The summed E-state index contributed by atoms with van der Waals surface area (Å²) >= 11 is 0. The standard InChI is InChI=1S/C15H27N3O/c1-4-7-16-9-14-8-15(19-17-14)11-18(12(2)3)10-13-5-6-13/h8,12-13,16H,4-7,9-11H2,1-3H3. The van der Waals surface area contributed by atoms with Crippen LogP contribution < -0.4 is 5.32 Å². The Morgan fingerprint density at radius 1 is 1.47 bits per heavy atom. The number of nitrogens with zero attached hydrogens (tertiary/aromatic N) is 2. The maximum Gasteiger partial charge on any atom is 0.151 e. The van der Waals surface area contributed by atoms with Gasteiger partial charge in [0.05, 0.1) is 12.2 Å². The van der Waals surface area contributed by atoms with E-state index in [9.17, 15) is 0 Å². The Labute approximate surface area is 116 Å². The van der Waals surface area contributed by atoms with Crippen molar-refractivity contribution in [3.05, 3.63) is 17.5 Å². The fourth-order valence-electron chi connectivity index (χ4n) is 2.20. The first-order valence-corrected chi connectivity index (χ1v) is 7.58. The summed E-state index contributed by atoms with van der Waals surface area (Å²) in [7, 11) is 0. The molecule has 1 aliphatic carbocycles.